The molecule has 94 valence electrons. The molecule has 1 heterocycles. The molecule has 2 N–H and O–H groups in total. The molecule has 1 saturated carbocycles. The minimum atomic E-state index is 0.875. The second-order valence-corrected chi connectivity index (χ2v) is 6.01. The van der Waals surface area contributed by atoms with Crippen LogP contribution >= 0.6 is 0 Å². The Balaban J connectivity index is 1.83. The number of rotatable bonds is 3. The molecule has 3 atom stereocenters. The minimum Gasteiger partial charge on any atom is -0.330 e. The highest BCUT2D eigenvalue weighted by molar-refractivity contribution is 4.83. The third-order valence-corrected chi connectivity index (χ3v) is 4.55. The van der Waals surface area contributed by atoms with E-state index in [1.54, 1.807) is 0 Å². The number of nitrogens with zero attached hydrogens (tertiary/aromatic N) is 1. The molecule has 1 aliphatic heterocycles. The van der Waals surface area contributed by atoms with Gasteiger partial charge in [-0.2, -0.15) is 0 Å². The van der Waals surface area contributed by atoms with Gasteiger partial charge in [-0.3, -0.25) is 0 Å². The topological polar surface area (TPSA) is 29.3 Å². The van der Waals surface area contributed by atoms with E-state index in [-0.39, 0.29) is 0 Å². The highest BCUT2D eigenvalue weighted by Gasteiger charge is 2.28. The third kappa shape index (κ3) is 3.21. The Morgan fingerprint density at radius 3 is 2.81 bits per heavy atom. The van der Waals surface area contributed by atoms with Crippen molar-refractivity contribution in [3.05, 3.63) is 0 Å². The second-order valence-electron chi connectivity index (χ2n) is 6.01. The van der Waals surface area contributed by atoms with Crippen LogP contribution in [0.5, 0.6) is 0 Å². The number of hydrogen-bond acceptors (Lipinski definition) is 2. The van der Waals surface area contributed by atoms with Crippen LogP contribution in [0.15, 0.2) is 0 Å². The van der Waals surface area contributed by atoms with Crippen LogP contribution in [-0.2, 0) is 0 Å². The van der Waals surface area contributed by atoms with Gasteiger partial charge in [0, 0.05) is 12.6 Å². The van der Waals surface area contributed by atoms with Crippen molar-refractivity contribution in [2.75, 3.05) is 19.6 Å². The zero-order valence-corrected chi connectivity index (χ0v) is 10.8. The molecule has 2 aliphatic rings. The van der Waals surface area contributed by atoms with Crippen molar-refractivity contribution in [3.63, 3.8) is 0 Å². The number of nitrogens with two attached hydrogens (primary N) is 1. The Bertz CT molecular complexity index is 203. The smallest absolute Gasteiger partial charge is 0.00979 e. The van der Waals surface area contributed by atoms with Crippen LogP contribution in [0.4, 0.5) is 0 Å². The van der Waals surface area contributed by atoms with E-state index >= 15 is 0 Å². The van der Waals surface area contributed by atoms with E-state index in [1.807, 2.05) is 0 Å². The highest BCUT2D eigenvalue weighted by atomic mass is 15.2. The summed E-state index contributed by atoms with van der Waals surface area (Å²) in [5.41, 5.74) is 5.69. The molecule has 3 unspecified atom stereocenters. The summed E-state index contributed by atoms with van der Waals surface area (Å²) in [5, 5.41) is 0. The quantitative estimate of drug-likeness (QED) is 0.798. The molecule has 0 bridgehead atoms. The molecule has 0 radical (unpaired) electrons. The third-order valence-electron chi connectivity index (χ3n) is 4.55. The first-order chi connectivity index (χ1) is 7.79. The summed E-state index contributed by atoms with van der Waals surface area (Å²) in [4.78, 5) is 2.78. The van der Waals surface area contributed by atoms with Crippen molar-refractivity contribution < 1.29 is 0 Å². The molecule has 2 fully saturated rings. The van der Waals surface area contributed by atoms with Crippen molar-refractivity contribution in [1.82, 2.24) is 4.90 Å². The molecule has 0 spiro atoms. The van der Waals surface area contributed by atoms with Crippen LogP contribution < -0.4 is 5.73 Å². The average molecular weight is 224 g/mol. The van der Waals surface area contributed by atoms with Crippen molar-refractivity contribution in [2.45, 2.75) is 57.9 Å². The first-order valence-electron chi connectivity index (χ1n) is 7.23. The van der Waals surface area contributed by atoms with E-state index in [4.69, 9.17) is 5.73 Å². The Morgan fingerprint density at radius 1 is 1.19 bits per heavy atom. The van der Waals surface area contributed by atoms with Crippen molar-refractivity contribution in [1.29, 1.82) is 0 Å². The molecule has 0 aromatic heterocycles. The Morgan fingerprint density at radius 2 is 2.06 bits per heavy atom. The van der Waals surface area contributed by atoms with Crippen LogP contribution in [0.1, 0.15) is 51.9 Å². The molecular weight excluding hydrogens is 196 g/mol. The lowest BCUT2D eigenvalue weighted by molar-refractivity contribution is 0.0833. The van der Waals surface area contributed by atoms with Crippen molar-refractivity contribution in [2.24, 2.45) is 17.6 Å². The normalized spacial score (nSPS) is 37.5. The van der Waals surface area contributed by atoms with Crippen LogP contribution in [0.25, 0.3) is 0 Å². The fraction of sp³-hybridized carbons (Fsp3) is 1.00. The summed E-state index contributed by atoms with van der Waals surface area (Å²) < 4.78 is 0. The number of hydrogen-bond donors (Lipinski definition) is 1. The SMILES string of the molecule is CC1CCCC(N2CCCC(CCN)C2)C1. The maximum absolute atomic E-state index is 5.69. The number of piperidine rings is 1. The predicted octanol–water partition coefficient (Wildman–Crippen LogP) is 2.63. The second kappa shape index (κ2) is 6.02. The fourth-order valence-electron chi connectivity index (χ4n) is 3.63. The largest absolute Gasteiger partial charge is 0.330 e. The van der Waals surface area contributed by atoms with Gasteiger partial charge >= 0.3 is 0 Å². The van der Waals surface area contributed by atoms with Gasteiger partial charge in [-0.1, -0.05) is 19.8 Å². The van der Waals surface area contributed by atoms with Gasteiger partial charge in [0.15, 0.2) is 0 Å². The van der Waals surface area contributed by atoms with Crippen LogP contribution in [-0.4, -0.2) is 30.6 Å². The van der Waals surface area contributed by atoms with Crippen molar-refractivity contribution >= 4 is 0 Å². The van der Waals surface area contributed by atoms with Gasteiger partial charge in [-0.05, 0) is 57.0 Å². The maximum atomic E-state index is 5.69. The summed E-state index contributed by atoms with van der Waals surface area (Å²) in [6.07, 6.45) is 9.83. The van der Waals surface area contributed by atoms with E-state index in [0.717, 1.165) is 24.4 Å². The fourth-order valence-corrected chi connectivity index (χ4v) is 3.63. The minimum absolute atomic E-state index is 0.875. The summed E-state index contributed by atoms with van der Waals surface area (Å²) in [6, 6.07) is 0.893. The van der Waals surface area contributed by atoms with Crippen LogP contribution in [0.3, 0.4) is 0 Å². The first-order valence-corrected chi connectivity index (χ1v) is 7.23. The van der Waals surface area contributed by atoms with Gasteiger partial charge in [0.05, 0.1) is 0 Å². The Kier molecular flexibility index (Phi) is 4.66. The average Bonchev–Trinajstić information content (AvgIpc) is 2.30. The molecule has 2 heteroatoms. The molecule has 0 amide bonds. The highest BCUT2D eigenvalue weighted by Crippen LogP contribution is 2.30. The summed E-state index contributed by atoms with van der Waals surface area (Å²) in [7, 11) is 0. The maximum Gasteiger partial charge on any atom is 0.00979 e. The Labute approximate surface area is 101 Å². The lowest BCUT2D eigenvalue weighted by Gasteiger charge is -2.41. The lowest BCUT2D eigenvalue weighted by atomic mass is 9.84. The van der Waals surface area contributed by atoms with E-state index in [9.17, 15) is 0 Å². The zero-order chi connectivity index (χ0) is 11.4. The van der Waals surface area contributed by atoms with Crippen molar-refractivity contribution in [3.8, 4) is 0 Å². The number of likely N-dealkylation sites (tertiary alicyclic amines) is 1. The predicted molar refractivity (Wildman–Crippen MR) is 69.4 cm³/mol. The molecule has 2 rings (SSSR count). The standard InChI is InChI=1S/C14H28N2/c1-12-4-2-6-14(10-12)16-9-3-5-13(11-16)7-8-15/h12-14H,2-11,15H2,1H3. The molecule has 16 heavy (non-hydrogen) atoms. The summed E-state index contributed by atoms with van der Waals surface area (Å²) in [5.74, 6) is 1.84. The van der Waals surface area contributed by atoms with Crippen LogP contribution in [0, 0.1) is 11.8 Å². The van der Waals surface area contributed by atoms with E-state index < -0.39 is 0 Å². The molecule has 2 nitrogen and oxygen atoms in total. The van der Waals surface area contributed by atoms with E-state index in [1.165, 1.54) is 58.0 Å². The van der Waals surface area contributed by atoms with Gasteiger partial charge in [0.25, 0.3) is 0 Å². The molecule has 0 aromatic carbocycles. The van der Waals surface area contributed by atoms with Gasteiger partial charge in [0.1, 0.15) is 0 Å². The van der Waals surface area contributed by atoms with Gasteiger partial charge in [-0.15, -0.1) is 0 Å². The van der Waals surface area contributed by atoms with Crippen LogP contribution in [0.2, 0.25) is 0 Å². The molecule has 1 aliphatic carbocycles. The molecular formula is C14H28N2. The molecule has 1 saturated heterocycles. The Hall–Kier alpha value is -0.0800. The van der Waals surface area contributed by atoms with E-state index in [0.29, 0.717) is 0 Å². The zero-order valence-electron chi connectivity index (χ0n) is 10.8. The molecule has 0 aromatic rings. The monoisotopic (exact) mass is 224 g/mol. The van der Waals surface area contributed by atoms with Gasteiger partial charge in [0.2, 0.25) is 0 Å². The van der Waals surface area contributed by atoms with E-state index in [2.05, 4.69) is 11.8 Å². The summed E-state index contributed by atoms with van der Waals surface area (Å²) >= 11 is 0. The lowest BCUT2D eigenvalue weighted by Crippen LogP contribution is -2.44. The van der Waals surface area contributed by atoms with Gasteiger partial charge in [-0.25, -0.2) is 0 Å². The van der Waals surface area contributed by atoms with Gasteiger partial charge < -0.3 is 10.6 Å². The first kappa shape index (κ1) is 12.4. The summed E-state index contributed by atoms with van der Waals surface area (Å²) in [6.45, 7) is 5.97.